The van der Waals surface area contributed by atoms with Crippen molar-refractivity contribution in [3.05, 3.63) is 86.7 Å². The molecule has 0 radical (unpaired) electrons. The second kappa shape index (κ2) is 9.53. The third kappa shape index (κ3) is 4.36. The summed E-state index contributed by atoms with van der Waals surface area (Å²) in [5.41, 5.74) is 2.98. The number of carboxylic acid groups (broad SMARTS) is 1. The highest BCUT2D eigenvalue weighted by Gasteiger charge is 2.34. The fraction of sp³-hybridized carbons (Fsp3) is 0.143. The van der Waals surface area contributed by atoms with E-state index in [1.807, 2.05) is 0 Å². The number of allylic oxidation sites excluding steroid dienone is 1. The van der Waals surface area contributed by atoms with Crippen LogP contribution >= 0.6 is 23.2 Å². The van der Waals surface area contributed by atoms with E-state index in [2.05, 4.69) is 16.2 Å². The molecule has 38 heavy (non-hydrogen) atoms. The molecule has 1 aliphatic heterocycles. The van der Waals surface area contributed by atoms with Gasteiger partial charge in [0.05, 0.1) is 26.7 Å². The number of rotatable bonds is 6. The molecule has 10 heteroatoms. The lowest BCUT2D eigenvalue weighted by Crippen LogP contribution is -2.03. The van der Waals surface area contributed by atoms with Gasteiger partial charge in [0.25, 0.3) is 0 Å². The summed E-state index contributed by atoms with van der Waals surface area (Å²) in [6.07, 6.45) is 3.59. The molecule has 0 atom stereocenters. The van der Waals surface area contributed by atoms with E-state index in [1.165, 1.54) is 12.1 Å². The minimum absolute atomic E-state index is 0.0710. The van der Waals surface area contributed by atoms with Crippen LogP contribution in [0.15, 0.2) is 53.1 Å². The van der Waals surface area contributed by atoms with Crippen molar-refractivity contribution in [2.24, 2.45) is 0 Å². The Morgan fingerprint density at radius 1 is 1.11 bits per heavy atom. The molecule has 0 saturated heterocycles. The monoisotopic (exact) mass is 545 g/mol. The normalized spacial score (nSPS) is 13.9. The number of hydrogen-bond acceptors (Lipinski definition) is 7. The Kier molecular flexibility index (Phi) is 6.03. The smallest absolute Gasteiger partial charge is 0.335 e. The number of carboxylic acids is 1. The van der Waals surface area contributed by atoms with Crippen LogP contribution in [0.2, 0.25) is 10.0 Å². The molecule has 2 aliphatic rings. The fourth-order valence-electron chi connectivity index (χ4n) is 4.28. The second-order valence-electron chi connectivity index (χ2n) is 8.86. The molecular formula is C28H17Cl2N3O5. The van der Waals surface area contributed by atoms with Crippen molar-refractivity contribution in [2.45, 2.75) is 25.4 Å². The van der Waals surface area contributed by atoms with E-state index in [4.69, 9.17) is 37.2 Å². The predicted molar refractivity (Wildman–Crippen MR) is 139 cm³/mol. The molecule has 3 heterocycles. The first-order chi connectivity index (χ1) is 18.4. The summed E-state index contributed by atoms with van der Waals surface area (Å²) in [6, 6.07) is 15.1. The average molecular weight is 546 g/mol. The minimum Gasteiger partial charge on any atom is -0.478 e. The lowest BCUT2D eigenvalue weighted by atomic mass is 10.0. The Bertz CT molecular complexity index is 1660. The van der Waals surface area contributed by atoms with Gasteiger partial charge in [0, 0.05) is 23.1 Å². The topological polar surface area (TPSA) is 118 Å². The van der Waals surface area contributed by atoms with Gasteiger partial charge in [-0.3, -0.25) is 0 Å². The summed E-state index contributed by atoms with van der Waals surface area (Å²) in [7, 11) is 0. The zero-order valence-electron chi connectivity index (χ0n) is 19.6. The van der Waals surface area contributed by atoms with Crippen molar-refractivity contribution >= 4 is 40.8 Å². The van der Waals surface area contributed by atoms with Gasteiger partial charge >= 0.3 is 5.97 Å². The Labute approximate surface area is 226 Å². The van der Waals surface area contributed by atoms with Crippen molar-refractivity contribution in [1.29, 1.82) is 5.26 Å². The number of nitrogens with zero attached hydrogens (tertiary/aromatic N) is 3. The minimum atomic E-state index is -1.08. The number of hydrogen-bond donors (Lipinski definition) is 1. The molecule has 0 bridgehead atoms. The maximum Gasteiger partial charge on any atom is 0.335 e. The third-order valence-corrected chi connectivity index (χ3v) is 6.95. The number of ether oxygens (including phenoxy) is 2. The highest BCUT2D eigenvalue weighted by atomic mass is 35.5. The van der Waals surface area contributed by atoms with E-state index in [-0.39, 0.29) is 35.2 Å². The molecule has 1 fully saturated rings. The van der Waals surface area contributed by atoms with Crippen molar-refractivity contribution in [3.8, 4) is 34.7 Å². The molecule has 2 aromatic carbocycles. The van der Waals surface area contributed by atoms with Gasteiger partial charge in [-0.1, -0.05) is 40.5 Å². The zero-order valence-corrected chi connectivity index (χ0v) is 21.1. The number of pyridine rings is 1. The first-order valence-electron chi connectivity index (χ1n) is 11.7. The van der Waals surface area contributed by atoms with Gasteiger partial charge in [0.1, 0.15) is 35.6 Å². The SMILES string of the molecule is N#CC1=Cc2ccc(C(=O)O)cc2Oc2ccc(OCc3c(-c4c(Cl)cccc4Cl)noc3C3CC3)nc21. The highest BCUT2D eigenvalue weighted by Crippen LogP contribution is 2.46. The van der Waals surface area contributed by atoms with E-state index in [0.717, 1.165) is 24.2 Å². The molecule has 0 amide bonds. The van der Waals surface area contributed by atoms with Crippen molar-refractivity contribution < 1.29 is 23.9 Å². The number of benzene rings is 2. The van der Waals surface area contributed by atoms with Crippen LogP contribution in [0.3, 0.4) is 0 Å². The van der Waals surface area contributed by atoms with E-state index >= 15 is 0 Å². The lowest BCUT2D eigenvalue weighted by Gasteiger charge is -2.12. The van der Waals surface area contributed by atoms with Gasteiger partial charge < -0.3 is 19.1 Å². The van der Waals surface area contributed by atoms with E-state index in [9.17, 15) is 15.2 Å². The third-order valence-electron chi connectivity index (χ3n) is 6.32. The van der Waals surface area contributed by atoms with Gasteiger partial charge in [-0.05, 0) is 49.2 Å². The van der Waals surface area contributed by atoms with Crippen LogP contribution in [0.4, 0.5) is 0 Å². The van der Waals surface area contributed by atoms with Gasteiger partial charge in [-0.15, -0.1) is 0 Å². The van der Waals surface area contributed by atoms with Gasteiger partial charge in [0.15, 0.2) is 5.75 Å². The highest BCUT2D eigenvalue weighted by molar-refractivity contribution is 6.39. The summed E-state index contributed by atoms with van der Waals surface area (Å²) in [5, 5.41) is 24.3. The Morgan fingerprint density at radius 2 is 1.89 bits per heavy atom. The molecule has 188 valence electrons. The molecule has 8 nitrogen and oxygen atoms in total. The Balaban J connectivity index is 1.33. The fourth-order valence-corrected chi connectivity index (χ4v) is 4.86. The van der Waals surface area contributed by atoms with Crippen molar-refractivity contribution in [2.75, 3.05) is 0 Å². The van der Waals surface area contributed by atoms with Crippen molar-refractivity contribution in [3.63, 3.8) is 0 Å². The summed E-state index contributed by atoms with van der Waals surface area (Å²) in [6.45, 7) is 0.0899. The molecule has 1 saturated carbocycles. The maximum absolute atomic E-state index is 11.4. The number of halogens is 2. The molecule has 1 N–H and O–H groups in total. The number of aromatic nitrogens is 2. The lowest BCUT2D eigenvalue weighted by molar-refractivity contribution is 0.0696. The van der Waals surface area contributed by atoms with Gasteiger partial charge in [-0.2, -0.15) is 5.26 Å². The van der Waals surface area contributed by atoms with Crippen LogP contribution < -0.4 is 9.47 Å². The molecule has 6 rings (SSSR count). The van der Waals surface area contributed by atoms with E-state index < -0.39 is 5.97 Å². The van der Waals surface area contributed by atoms with Gasteiger partial charge in [-0.25, -0.2) is 9.78 Å². The van der Waals surface area contributed by atoms with Crippen LogP contribution in [0.1, 0.15) is 51.7 Å². The Morgan fingerprint density at radius 3 is 2.61 bits per heavy atom. The summed E-state index contributed by atoms with van der Waals surface area (Å²) >= 11 is 12.9. The van der Waals surface area contributed by atoms with Gasteiger partial charge in [0.2, 0.25) is 5.88 Å². The summed E-state index contributed by atoms with van der Waals surface area (Å²) < 4.78 is 17.7. The van der Waals surface area contributed by atoms with Crippen LogP contribution in [0.25, 0.3) is 22.9 Å². The number of fused-ring (bicyclic) bond motifs is 2. The molecular weight excluding hydrogens is 529 g/mol. The predicted octanol–water partition coefficient (Wildman–Crippen LogP) is 7.37. The number of carbonyl (C=O) groups is 1. The van der Waals surface area contributed by atoms with Crippen molar-refractivity contribution in [1.82, 2.24) is 10.1 Å². The Hall–Kier alpha value is -4.32. The molecule has 0 spiro atoms. The summed E-state index contributed by atoms with van der Waals surface area (Å²) in [4.78, 5) is 15.9. The standard InChI is InChI=1S/C28H17Cl2N3O5/c29-19-2-1-3-20(30)24(19)26-18(27(38-33-26)14-4-5-14)13-36-23-9-8-21-25(32-23)17(12-31)10-15-6-7-16(28(34)35)11-22(15)37-21/h1-3,6-11,14H,4-5,13H2,(H,34,35). The molecule has 2 aromatic heterocycles. The van der Waals surface area contributed by atoms with E-state index in [0.29, 0.717) is 38.4 Å². The van der Waals surface area contributed by atoms with E-state index in [1.54, 1.807) is 42.5 Å². The molecule has 4 aromatic rings. The largest absolute Gasteiger partial charge is 0.478 e. The van der Waals surface area contributed by atoms with Crippen LogP contribution in [0, 0.1) is 11.3 Å². The zero-order chi connectivity index (χ0) is 26.4. The quantitative estimate of drug-likeness (QED) is 0.266. The maximum atomic E-state index is 11.4. The summed E-state index contributed by atoms with van der Waals surface area (Å²) in [5.74, 6) is 0.780. The first kappa shape index (κ1) is 24.0. The molecule has 1 aliphatic carbocycles. The van der Waals surface area contributed by atoms with Crippen LogP contribution in [-0.2, 0) is 6.61 Å². The number of nitriles is 1. The number of aromatic carboxylic acids is 1. The molecule has 0 unspecified atom stereocenters. The average Bonchev–Trinajstić information content (AvgIpc) is 3.69. The first-order valence-corrected chi connectivity index (χ1v) is 12.4. The second-order valence-corrected chi connectivity index (χ2v) is 9.67. The van der Waals surface area contributed by atoms with Crippen LogP contribution in [-0.4, -0.2) is 21.2 Å². The van der Waals surface area contributed by atoms with Crippen LogP contribution in [0.5, 0.6) is 17.4 Å².